The van der Waals surface area contributed by atoms with Crippen LogP contribution in [0.3, 0.4) is 0 Å². The lowest BCUT2D eigenvalue weighted by atomic mass is 9.98. The molecule has 0 amide bonds. The molecule has 0 saturated heterocycles. The van der Waals surface area contributed by atoms with Crippen LogP contribution in [-0.4, -0.2) is 44.7 Å². The molecule has 19 heavy (non-hydrogen) atoms. The molecule has 0 radical (unpaired) electrons. The van der Waals surface area contributed by atoms with Gasteiger partial charge in [0.15, 0.2) is 0 Å². The number of rotatable bonds is 3. The summed E-state index contributed by atoms with van der Waals surface area (Å²) in [6, 6.07) is 0. The molecule has 0 aliphatic carbocycles. The Bertz CT molecular complexity index is 271. The number of halogens is 8. The molecule has 0 fully saturated rings. The van der Waals surface area contributed by atoms with Gasteiger partial charge in [-0.3, -0.25) is 4.79 Å². The SMILES string of the molecule is CC(=O)O.OCC(I)CC(F)(C(F)(F)F)C(F)(F)F. The van der Waals surface area contributed by atoms with Gasteiger partial charge in [0.2, 0.25) is 0 Å². The van der Waals surface area contributed by atoms with Crippen molar-refractivity contribution < 1.29 is 45.7 Å². The fourth-order valence-corrected chi connectivity index (χ4v) is 1.37. The lowest BCUT2D eigenvalue weighted by Gasteiger charge is -2.31. The van der Waals surface area contributed by atoms with Crippen molar-refractivity contribution in [2.24, 2.45) is 0 Å². The van der Waals surface area contributed by atoms with Crippen molar-refractivity contribution in [2.45, 2.75) is 35.3 Å². The first kappa shape index (κ1) is 21.0. The number of carboxylic acids is 1. The van der Waals surface area contributed by atoms with Crippen molar-refractivity contribution in [3.8, 4) is 0 Å². The highest BCUT2D eigenvalue weighted by Gasteiger charge is 2.72. The van der Waals surface area contributed by atoms with Crippen LogP contribution in [0.2, 0.25) is 0 Å². The lowest BCUT2D eigenvalue weighted by molar-refractivity contribution is -0.343. The molecular weight excluding hydrogens is 404 g/mol. The third-order valence-corrected chi connectivity index (χ3v) is 2.43. The zero-order valence-electron chi connectivity index (χ0n) is 9.32. The molecule has 11 heteroatoms. The van der Waals surface area contributed by atoms with Gasteiger partial charge in [0.05, 0.1) is 6.61 Å². The zero-order valence-corrected chi connectivity index (χ0v) is 11.5. The fourth-order valence-electron chi connectivity index (χ4n) is 0.762. The molecule has 0 heterocycles. The molecular formula is C8H10F7IO3. The monoisotopic (exact) mass is 414 g/mol. The van der Waals surface area contributed by atoms with Crippen molar-refractivity contribution >= 4 is 28.6 Å². The van der Waals surface area contributed by atoms with Gasteiger partial charge in [-0.1, -0.05) is 22.6 Å². The van der Waals surface area contributed by atoms with E-state index < -0.39 is 40.9 Å². The predicted molar refractivity (Wildman–Crippen MR) is 58.8 cm³/mol. The molecule has 0 saturated carbocycles. The number of hydrogen-bond donors (Lipinski definition) is 2. The molecule has 0 spiro atoms. The molecule has 3 nitrogen and oxygen atoms in total. The van der Waals surface area contributed by atoms with E-state index in [1.54, 1.807) is 0 Å². The van der Waals surface area contributed by atoms with E-state index >= 15 is 0 Å². The minimum absolute atomic E-state index is 0.833. The van der Waals surface area contributed by atoms with E-state index in [1.807, 2.05) is 0 Å². The van der Waals surface area contributed by atoms with Gasteiger partial charge >= 0.3 is 12.4 Å². The van der Waals surface area contributed by atoms with Crippen LogP contribution in [0, 0.1) is 0 Å². The van der Waals surface area contributed by atoms with Crippen LogP contribution in [0.1, 0.15) is 13.3 Å². The van der Waals surface area contributed by atoms with Crippen LogP contribution >= 0.6 is 22.6 Å². The van der Waals surface area contributed by atoms with Gasteiger partial charge in [-0.2, -0.15) is 26.3 Å². The van der Waals surface area contributed by atoms with E-state index in [0.29, 0.717) is 0 Å². The molecule has 0 aliphatic rings. The smallest absolute Gasteiger partial charge is 0.431 e. The van der Waals surface area contributed by atoms with Crippen LogP contribution in [0.4, 0.5) is 30.7 Å². The number of hydrogen-bond acceptors (Lipinski definition) is 2. The predicted octanol–water partition coefficient (Wildman–Crippen LogP) is 3.10. The van der Waals surface area contributed by atoms with Crippen molar-refractivity contribution in [3.63, 3.8) is 0 Å². The number of aliphatic hydroxyl groups is 1. The summed E-state index contributed by atoms with van der Waals surface area (Å²) < 4.78 is 82.9. The highest BCUT2D eigenvalue weighted by atomic mass is 127. The second-order valence-electron chi connectivity index (χ2n) is 3.30. The maximum absolute atomic E-state index is 12.9. The summed E-state index contributed by atoms with van der Waals surface area (Å²) in [5.41, 5.74) is -5.27. The van der Waals surface area contributed by atoms with E-state index in [-0.39, 0.29) is 0 Å². The highest BCUT2D eigenvalue weighted by Crippen LogP contribution is 2.49. The number of carbonyl (C=O) groups is 1. The number of aliphatic hydroxyl groups excluding tert-OH is 1. The van der Waals surface area contributed by atoms with Crippen LogP contribution in [0.5, 0.6) is 0 Å². The van der Waals surface area contributed by atoms with Crippen molar-refractivity contribution in [1.82, 2.24) is 0 Å². The molecule has 0 aromatic heterocycles. The van der Waals surface area contributed by atoms with Crippen molar-refractivity contribution in [3.05, 3.63) is 0 Å². The number of carboxylic acid groups (broad SMARTS) is 1. The normalized spacial score (nSPS) is 14.4. The van der Waals surface area contributed by atoms with Crippen LogP contribution < -0.4 is 0 Å². The van der Waals surface area contributed by atoms with E-state index in [4.69, 9.17) is 15.0 Å². The first-order chi connectivity index (χ1) is 8.19. The first-order valence-electron chi connectivity index (χ1n) is 4.46. The van der Waals surface area contributed by atoms with Gasteiger partial charge in [-0.15, -0.1) is 0 Å². The van der Waals surface area contributed by atoms with E-state index in [2.05, 4.69) is 0 Å². The Morgan fingerprint density at radius 1 is 1.11 bits per heavy atom. The van der Waals surface area contributed by atoms with Crippen molar-refractivity contribution in [2.75, 3.05) is 6.61 Å². The van der Waals surface area contributed by atoms with Gasteiger partial charge in [0.1, 0.15) is 0 Å². The summed E-state index contributed by atoms with van der Waals surface area (Å²) in [6.45, 7) is 0.123. The highest BCUT2D eigenvalue weighted by molar-refractivity contribution is 14.1. The second kappa shape index (κ2) is 7.45. The summed E-state index contributed by atoms with van der Waals surface area (Å²) in [5.74, 6) is -0.833. The Labute approximate surface area is 116 Å². The summed E-state index contributed by atoms with van der Waals surface area (Å²) in [6.07, 6.45) is -13.9. The van der Waals surface area contributed by atoms with E-state index in [1.165, 1.54) is 0 Å². The second-order valence-corrected chi connectivity index (χ2v) is 5.06. The quantitative estimate of drug-likeness (QED) is 0.424. The van der Waals surface area contributed by atoms with Gasteiger partial charge in [-0.05, 0) is 0 Å². The average Bonchev–Trinajstić information content (AvgIpc) is 2.12. The van der Waals surface area contributed by atoms with Gasteiger partial charge in [0.25, 0.3) is 11.6 Å². The molecule has 0 bridgehead atoms. The fraction of sp³-hybridized carbons (Fsp3) is 0.875. The summed E-state index contributed by atoms with van der Waals surface area (Å²) >= 11 is 1.12. The Morgan fingerprint density at radius 2 is 1.37 bits per heavy atom. The van der Waals surface area contributed by atoms with E-state index in [0.717, 1.165) is 29.5 Å². The molecule has 116 valence electrons. The van der Waals surface area contributed by atoms with Crippen LogP contribution in [0.15, 0.2) is 0 Å². The summed E-state index contributed by atoms with van der Waals surface area (Å²) in [4.78, 5) is 9.00. The third kappa shape index (κ3) is 7.13. The van der Waals surface area contributed by atoms with Crippen molar-refractivity contribution in [1.29, 1.82) is 0 Å². The third-order valence-electron chi connectivity index (χ3n) is 1.60. The number of aliphatic carboxylic acids is 1. The maximum Gasteiger partial charge on any atom is 0.431 e. The summed E-state index contributed by atoms with van der Waals surface area (Å²) in [5, 5.41) is 15.7. The maximum atomic E-state index is 12.9. The minimum Gasteiger partial charge on any atom is -0.481 e. The van der Waals surface area contributed by atoms with E-state index in [9.17, 15) is 30.7 Å². The lowest BCUT2D eigenvalue weighted by Crippen LogP contribution is -2.54. The minimum atomic E-state index is -6.04. The topological polar surface area (TPSA) is 57.5 Å². The largest absolute Gasteiger partial charge is 0.481 e. The summed E-state index contributed by atoms with van der Waals surface area (Å²) in [7, 11) is 0. The Hall–Kier alpha value is -0.330. The Balaban J connectivity index is 0. The van der Waals surface area contributed by atoms with Gasteiger partial charge in [0, 0.05) is 17.3 Å². The molecule has 1 atom stereocenters. The van der Waals surface area contributed by atoms with Gasteiger partial charge < -0.3 is 10.2 Å². The van der Waals surface area contributed by atoms with Crippen LogP contribution in [0.25, 0.3) is 0 Å². The molecule has 0 rings (SSSR count). The molecule has 0 aromatic rings. The average molecular weight is 414 g/mol. The van der Waals surface area contributed by atoms with Gasteiger partial charge in [-0.25, -0.2) is 4.39 Å². The molecule has 0 aromatic carbocycles. The Morgan fingerprint density at radius 3 is 1.53 bits per heavy atom. The first-order valence-corrected chi connectivity index (χ1v) is 5.70. The molecule has 0 aliphatic heterocycles. The standard InChI is InChI=1S/C6H6F7IO.C2H4O2/c7-4(5(8,9)10,6(11,12)13)1-3(14)2-15;1-2(3)4/h3,15H,1-2H2;1H3,(H,3,4). The molecule has 1 unspecified atom stereocenters. The zero-order chi connectivity index (χ0) is 16.1. The number of alkyl halides is 8. The molecule has 2 N–H and O–H groups in total. The van der Waals surface area contributed by atoms with Crippen LogP contribution in [-0.2, 0) is 4.79 Å². The Kier molecular flexibility index (Phi) is 8.23.